The lowest BCUT2D eigenvalue weighted by molar-refractivity contribution is -0.136. The highest BCUT2D eigenvalue weighted by molar-refractivity contribution is 6.32. The van der Waals surface area contributed by atoms with Crippen LogP contribution in [0.3, 0.4) is 0 Å². The maximum absolute atomic E-state index is 12.1. The number of rotatable bonds is 1. The van der Waals surface area contributed by atoms with Gasteiger partial charge in [0.1, 0.15) is 6.54 Å². The second-order valence-corrected chi connectivity index (χ2v) is 3.46. The molecule has 1 nitrogen and oxygen atoms in total. The van der Waals surface area contributed by atoms with Gasteiger partial charge in [-0.1, -0.05) is 18.2 Å². The number of hydrogen-bond donors (Lipinski definition) is 0. The van der Waals surface area contributed by atoms with Crippen LogP contribution in [0.5, 0.6) is 0 Å². The monoisotopic (exact) mass is 223 g/mol. The fourth-order valence-electron chi connectivity index (χ4n) is 1.12. The van der Waals surface area contributed by atoms with Crippen molar-refractivity contribution in [3.05, 3.63) is 35.2 Å². The minimum Gasteiger partial charge on any atom is -0.338 e. The Labute approximate surface area is 85.1 Å². The number of hydrogen-bond acceptors (Lipinski definition) is 1. The van der Waals surface area contributed by atoms with Crippen LogP contribution < -0.4 is 0 Å². The van der Waals surface area contributed by atoms with Crippen molar-refractivity contribution in [2.45, 2.75) is 13.1 Å². The third-order valence-electron chi connectivity index (χ3n) is 1.69. The Morgan fingerprint density at radius 1 is 1.50 bits per heavy atom. The van der Waals surface area contributed by atoms with E-state index in [9.17, 15) is 13.2 Å². The number of alkyl halides is 3. The third-order valence-corrected chi connectivity index (χ3v) is 2.01. The molecule has 1 aliphatic rings. The van der Waals surface area contributed by atoms with Gasteiger partial charge in [0.2, 0.25) is 0 Å². The largest absolute Gasteiger partial charge is 0.406 e. The van der Waals surface area contributed by atoms with Crippen molar-refractivity contribution in [2.75, 3.05) is 6.54 Å². The number of halogens is 4. The maximum Gasteiger partial charge on any atom is 0.406 e. The smallest absolute Gasteiger partial charge is 0.338 e. The average molecular weight is 224 g/mol. The van der Waals surface area contributed by atoms with Crippen molar-refractivity contribution < 1.29 is 13.2 Å². The molecule has 0 saturated heterocycles. The van der Waals surface area contributed by atoms with Gasteiger partial charge in [-0.15, -0.1) is 0 Å². The standard InChI is InChI=1S/C9H9ClF3N/c1-6-3-8(10)7(2)14(4-6)5-9(11,12)13/h3-4H,2,5H2,1H3. The van der Waals surface area contributed by atoms with E-state index < -0.39 is 12.7 Å². The average Bonchev–Trinajstić information content (AvgIpc) is 1.96. The van der Waals surface area contributed by atoms with Gasteiger partial charge in [-0.3, -0.25) is 0 Å². The summed E-state index contributed by atoms with van der Waals surface area (Å²) in [5, 5.41) is 0.245. The predicted octanol–water partition coefficient (Wildman–Crippen LogP) is 3.40. The fraction of sp³-hybridized carbons (Fsp3) is 0.333. The first-order valence-electron chi connectivity index (χ1n) is 3.88. The van der Waals surface area contributed by atoms with Gasteiger partial charge in [0.25, 0.3) is 0 Å². The summed E-state index contributed by atoms with van der Waals surface area (Å²) in [5.41, 5.74) is 0.848. The van der Waals surface area contributed by atoms with Crippen LogP contribution in [0.25, 0.3) is 0 Å². The number of nitrogens with zero attached hydrogens (tertiary/aromatic N) is 1. The van der Waals surface area contributed by atoms with Crippen LogP contribution in [0.15, 0.2) is 35.2 Å². The first kappa shape index (κ1) is 11.2. The van der Waals surface area contributed by atoms with E-state index in [2.05, 4.69) is 6.58 Å². The molecule has 0 atom stereocenters. The molecular formula is C9H9ClF3N. The van der Waals surface area contributed by atoms with E-state index >= 15 is 0 Å². The van der Waals surface area contributed by atoms with Crippen molar-refractivity contribution in [1.29, 1.82) is 0 Å². The van der Waals surface area contributed by atoms with Crippen molar-refractivity contribution in [3.63, 3.8) is 0 Å². The van der Waals surface area contributed by atoms with Crippen molar-refractivity contribution in [3.8, 4) is 0 Å². The van der Waals surface area contributed by atoms with Gasteiger partial charge < -0.3 is 4.90 Å². The Kier molecular flexibility index (Phi) is 2.95. The van der Waals surface area contributed by atoms with E-state index in [0.29, 0.717) is 5.57 Å². The minimum absolute atomic E-state index is 0.176. The van der Waals surface area contributed by atoms with Crippen LogP contribution in [-0.2, 0) is 0 Å². The lowest BCUT2D eigenvalue weighted by Crippen LogP contribution is -2.30. The second kappa shape index (κ2) is 3.69. The Morgan fingerprint density at radius 3 is 2.57 bits per heavy atom. The second-order valence-electron chi connectivity index (χ2n) is 3.06. The summed E-state index contributed by atoms with van der Waals surface area (Å²) in [7, 11) is 0. The van der Waals surface area contributed by atoms with Gasteiger partial charge in [0.15, 0.2) is 0 Å². The zero-order valence-electron chi connectivity index (χ0n) is 7.53. The Balaban J connectivity index is 2.82. The van der Waals surface area contributed by atoms with Crippen LogP contribution in [0.1, 0.15) is 6.92 Å². The molecule has 0 aromatic heterocycles. The fourth-order valence-corrected chi connectivity index (χ4v) is 1.40. The molecular weight excluding hydrogens is 215 g/mol. The van der Waals surface area contributed by atoms with E-state index in [1.54, 1.807) is 13.0 Å². The van der Waals surface area contributed by atoms with Gasteiger partial charge in [0.05, 0.1) is 10.7 Å². The zero-order chi connectivity index (χ0) is 10.9. The molecule has 14 heavy (non-hydrogen) atoms. The summed E-state index contributed by atoms with van der Waals surface area (Å²) >= 11 is 5.70. The molecule has 0 unspecified atom stereocenters. The van der Waals surface area contributed by atoms with Crippen LogP contribution in [0.4, 0.5) is 13.2 Å². The van der Waals surface area contributed by atoms with Gasteiger partial charge in [-0.25, -0.2) is 0 Å². The molecule has 1 rings (SSSR count). The summed E-state index contributed by atoms with van der Waals surface area (Å²) in [6, 6.07) is 0. The van der Waals surface area contributed by atoms with E-state index in [4.69, 9.17) is 11.6 Å². The molecule has 0 saturated carbocycles. The summed E-state index contributed by atoms with van der Waals surface area (Å²) in [6.45, 7) is 4.09. The predicted molar refractivity (Wildman–Crippen MR) is 49.6 cm³/mol. The van der Waals surface area contributed by atoms with E-state index in [0.717, 1.165) is 4.90 Å². The molecule has 0 aromatic carbocycles. The molecule has 1 heterocycles. The molecule has 78 valence electrons. The Hall–Kier alpha value is -0.900. The number of allylic oxidation sites excluding steroid dienone is 3. The molecule has 0 aromatic rings. The van der Waals surface area contributed by atoms with Crippen molar-refractivity contribution >= 4 is 11.6 Å². The first-order valence-corrected chi connectivity index (χ1v) is 4.26. The first-order chi connectivity index (χ1) is 6.29. The SMILES string of the molecule is C=C1C(Cl)=CC(C)=CN1CC(F)(F)F. The van der Waals surface area contributed by atoms with Gasteiger partial charge in [-0.2, -0.15) is 13.2 Å². The van der Waals surface area contributed by atoms with E-state index in [-0.39, 0.29) is 10.7 Å². The van der Waals surface area contributed by atoms with Crippen molar-refractivity contribution in [1.82, 2.24) is 4.90 Å². The summed E-state index contributed by atoms with van der Waals surface area (Å²) in [6.07, 6.45) is -1.30. The quantitative estimate of drug-likeness (QED) is 0.659. The normalized spacial score (nSPS) is 18.1. The summed E-state index contributed by atoms with van der Waals surface area (Å²) in [5.74, 6) is 0. The van der Waals surface area contributed by atoms with Gasteiger partial charge in [-0.05, 0) is 18.6 Å². The highest BCUT2D eigenvalue weighted by Crippen LogP contribution is 2.28. The molecule has 0 radical (unpaired) electrons. The lowest BCUT2D eigenvalue weighted by atomic mass is 10.2. The highest BCUT2D eigenvalue weighted by atomic mass is 35.5. The molecule has 0 aliphatic carbocycles. The Bertz CT molecular complexity index is 315. The molecule has 0 amide bonds. The van der Waals surface area contributed by atoms with Crippen LogP contribution >= 0.6 is 11.6 Å². The van der Waals surface area contributed by atoms with Crippen LogP contribution in [0.2, 0.25) is 0 Å². The van der Waals surface area contributed by atoms with Gasteiger partial charge >= 0.3 is 6.18 Å². The zero-order valence-corrected chi connectivity index (χ0v) is 8.28. The van der Waals surface area contributed by atoms with E-state index in [1.807, 2.05) is 0 Å². The maximum atomic E-state index is 12.1. The van der Waals surface area contributed by atoms with Gasteiger partial charge in [0, 0.05) is 6.20 Å². The van der Waals surface area contributed by atoms with Crippen molar-refractivity contribution in [2.24, 2.45) is 0 Å². The lowest BCUT2D eigenvalue weighted by Gasteiger charge is -2.27. The topological polar surface area (TPSA) is 3.24 Å². The molecule has 0 bridgehead atoms. The van der Waals surface area contributed by atoms with Crippen LogP contribution in [0, 0.1) is 0 Å². The molecule has 1 aliphatic heterocycles. The van der Waals surface area contributed by atoms with Crippen LogP contribution in [-0.4, -0.2) is 17.6 Å². The molecule has 0 N–H and O–H groups in total. The third kappa shape index (κ3) is 2.80. The summed E-state index contributed by atoms with van der Waals surface area (Å²) in [4.78, 5) is 0.998. The molecule has 5 heteroatoms. The Morgan fingerprint density at radius 2 is 2.07 bits per heavy atom. The minimum atomic E-state index is -4.26. The summed E-state index contributed by atoms with van der Waals surface area (Å²) < 4.78 is 36.3. The molecule has 0 fully saturated rings. The highest BCUT2D eigenvalue weighted by Gasteiger charge is 2.31. The molecule has 0 spiro atoms. The van der Waals surface area contributed by atoms with E-state index in [1.165, 1.54) is 6.20 Å².